The Hall–Kier alpha value is -0.530. The van der Waals surface area contributed by atoms with Gasteiger partial charge in [0.2, 0.25) is 5.91 Å². The van der Waals surface area contributed by atoms with E-state index < -0.39 is 9.84 Å². The average molecular weight is 378 g/mol. The number of hydrogen-bond acceptors (Lipinski definition) is 4. The first-order valence-corrected chi connectivity index (χ1v) is 9.82. The van der Waals surface area contributed by atoms with Crippen molar-refractivity contribution in [1.82, 2.24) is 4.90 Å². The van der Waals surface area contributed by atoms with E-state index in [1.54, 1.807) is 11.9 Å². The number of sulfone groups is 1. The zero-order chi connectivity index (χ0) is 14.8. The van der Waals surface area contributed by atoms with E-state index in [9.17, 15) is 13.2 Å². The molecule has 1 fully saturated rings. The summed E-state index contributed by atoms with van der Waals surface area (Å²) in [6, 6.07) is 7.59. The highest BCUT2D eigenvalue weighted by molar-refractivity contribution is 9.10. The first-order valence-electron chi connectivity index (χ1n) is 6.22. The molecule has 2 rings (SSSR count). The molecule has 7 heteroatoms. The number of rotatable bonds is 4. The molecule has 1 unspecified atom stereocenters. The molecule has 1 heterocycles. The third-order valence-electron chi connectivity index (χ3n) is 3.33. The average Bonchev–Trinajstić information content (AvgIpc) is 2.77. The highest BCUT2D eigenvalue weighted by Crippen LogP contribution is 2.22. The van der Waals surface area contributed by atoms with Crippen molar-refractivity contribution >= 4 is 43.4 Å². The summed E-state index contributed by atoms with van der Waals surface area (Å²) in [6.45, 7) is 0. The van der Waals surface area contributed by atoms with Crippen LogP contribution in [0.15, 0.2) is 33.6 Å². The van der Waals surface area contributed by atoms with Crippen LogP contribution in [0.2, 0.25) is 0 Å². The molecule has 1 saturated heterocycles. The second kappa shape index (κ2) is 6.49. The van der Waals surface area contributed by atoms with Crippen LogP contribution in [-0.2, 0) is 14.6 Å². The van der Waals surface area contributed by atoms with Crippen LogP contribution in [-0.4, -0.2) is 49.6 Å². The van der Waals surface area contributed by atoms with Gasteiger partial charge < -0.3 is 4.90 Å². The summed E-state index contributed by atoms with van der Waals surface area (Å²) in [5.74, 6) is 0.585. The molecule has 0 saturated carbocycles. The molecule has 110 valence electrons. The van der Waals surface area contributed by atoms with Gasteiger partial charge in [0.05, 0.1) is 17.3 Å². The fourth-order valence-corrected chi connectivity index (χ4v) is 4.92. The largest absolute Gasteiger partial charge is 0.341 e. The Bertz CT molecular complexity index is 586. The summed E-state index contributed by atoms with van der Waals surface area (Å²) in [5, 5.41) is 0. The van der Waals surface area contributed by atoms with Gasteiger partial charge in [-0.15, -0.1) is 11.8 Å². The van der Waals surface area contributed by atoms with E-state index in [2.05, 4.69) is 15.9 Å². The number of hydrogen-bond donors (Lipinski definition) is 0. The van der Waals surface area contributed by atoms with Crippen LogP contribution in [0, 0.1) is 0 Å². The van der Waals surface area contributed by atoms with Crippen LogP contribution in [0.4, 0.5) is 0 Å². The maximum atomic E-state index is 12.1. The van der Waals surface area contributed by atoms with Gasteiger partial charge in [-0.05, 0) is 30.7 Å². The van der Waals surface area contributed by atoms with Gasteiger partial charge in [0.15, 0.2) is 9.84 Å². The Labute approximate surface area is 132 Å². The number of amides is 1. The molecule has 0 spiro atoms. The van der Waals surface area contributed by atoms with E-state index in [0.717, 1.165) is 9.37 Å². The Morgan fingerprint density at radius 2 is 2.05 bits per heavy atom. The fraction of sp³-hybridized carbons (Fsp3) is 0.462. The first-order chi connectivity index (χ1) is 9.37. The Kier molecular flexibility index (Phi) is 5.14. The third kappa shape index (κ3) is 4.23. The van der Waals surface area contributed by atoms with E-state index in [1.807, 2.05) is 24.3 Å². The lowest BCUT2D eigenvalue weighted by Gasteiger charge is -2.23. The molecule has 1 aliphatic heterocycles. The highest BCUT2D eigenvalue weighted by Gasteiger charge is 2.32. The zero-order valence-corrected chi connectivity index (χ0v) is 14.3. The maximum Gasteiger partial charge on any atom is 0.232 e. The summed E-state index contributed by atoms with van der Waals surface area (Å²) in [5.41, 5.74) is 0. The lowest BCUT2D eigenvalue weighted by Crippen LogP contribution is -2.38. The van der Waals surface area contributed by atoms with Crippen molar-refractivity contribution in [3.63, 3.8) is 0 Å². The second-order valence-electron chi connectivity index (χ2n) is 4.80. The van der Waals surface area contributed by atoms with Crippen LogP contribution in [0.25, 0.3) is 0 Å². The molecule has 1 aromatic rings. The molecule has 0 N–H and O–H groups in total. The minimum atomic E-state index is -2.95. The van der Waals surface area contributed by atoms with E-state index in [0.29, 0.717) is 12.2 Å². The zero-order valence-electron chi connectivity index (χ0n) is 11.1. The molecule has 0 aliphatic carbocycles. The minimum absolute atomic E-state index is 0.0278. The molecular formula is C13H16BrNO3S2. The lowest BCUT2D eigenvalue weighted by atomic mass is 10.2. The van der Waals surface area contributed by atoms with Crippen LogP contribution in [0.1, 0.15) is 6.42 Å². The molecule has 4 nitrogen and oxygen atoms in total. The molecule has 1 aliphatic rings. The van der Waals surface area contributed by atoms with Crippen LogP contribution < -0.4 is 0 Å². The first kappa shape index (κ1) is 15.9. The maximum absolute atomic E-state index is 12.1. The monoisotopic (exact) mass is 377 g/mol. The Morgan fingerprint density at radius 3 is 2.60 bits per heavy atom. The minimum Gasteiger partial charge on any atom is -0.341 e. The van der Waals surface area contributed by atoms with Crippen LogP contribution >= 0.6 is 27.7 Å². The van der Waals surface area contributed by atoms with Crippen molar-refractivity contribution in [1.29, 1.82) is 0 Å². The summed E-state index contributed by atoms with van der Waals surface area (Å²) < 4.78 is 23.9. The topological polar surface area (TPSA) is 54.5 Å². The number of benzene rings is 1. The Morgan fingerprint density at radius 1 is 1.40 bits per heavy atom. The number of thioether (sulfide) groups is 1. The van der Waals surface area contributed by atoms with Gasteiger partial charge in [0.25, 0.3) is 0 Å². The smallest absolute Gasteiger partial charge is 0.232 e. The van der Waals surface area contributed by atoms with Crippen molar-refractivity contribution in [3.8, 4) is 0 Å². The van der Waals surface area contributed by atoms with Crippen molar-refractivity contribution in [2.24, 2.45) is 0 Å². The number of halogens is 1. The van der Waals surface area contributed by atoms with E-state index in [1.165, 1.54) is 11.8 Å². The number of carbonyl (C=O) groups excluding carboxylic acids is 1. The normalized spacial score (nSPS) is 20.8. The second-order valence-corrected chi connectivity index (χ2v) is 9.00. The predicted molar refractivity (Wildman–Crippen MR) is 84.7 cm³/mol. The van der Waals surface area contributed by atoms with Crippen molar-refractivity contribution in [2.75, 3.05) is 24.3 Å². The molecule has 0 bridgehead atoms. The fourth-order valence-electron chi connectivity index (χ4n) is 2.06. The van der Waals surface area contributed by atoms with Crippen molar-refractivity contribution in [2.45, 2.75) is 17.4 Å². The van der Waals surface area contributed by atoms with E-state index >= 15 is 0 Å². The summed E-state index contributed by atoms with van der Waals surface area (Å²) in [4.78, 5) is 14.7. The third-order valence-corrected chi connectivity index (χ3v) is 6.60. The van der Waals surface area contributed by atoms with Crippen molar-refractivity contribution < 1.29 is 13.2 Å². The quantitative estimate of drug-likeness (QED) is 0.754. The van der Waals surface area contributed by atoms with Gasteiger partial charge in [-0.1, -0.05) is 15.9 Å². The van der Waals surface area contributed by atoms with Crippen molar-refractivity contribution in [3.05, 3.63) is 28.7 Å². The SMILES string of the molecule is CN(C(=O)CSc1ccc(Br)cc1)C1CCS(=O)(=O)C1. The van der Waals surface area contributed by atoms with Gasteiger partial charge in [0.1, 0.15) is 0 Å². The van der Waals surface area contributed by atoms with Crippen LogP contribution in [0.3, 0.4) is 0 Å². The molecule has 1 aromatic carbocycles. The van der Waals surface area contributed by atoms with E-state index in [-0.39, 0.29) is 23.5 Å². The predicted octanol–water partition coefficient (Wildman–Crippen LogP) is 2.19. The molecule has 1 amide bonds. The van der Waals surface area contributed by atoms with E-state index in [4.69, 9.17) is 0 Å². The Balaban J connectivity index is 1.87. The summed E-state index contributed by atoms with van der Waals surface area (Å²) in [6.07, 6.45) is 0.549. The lowest BCUT2D eigenvalue weighted by molar-refractivity contribution is -0.128. The number of carbonyl (C=O) groups is 1. The standard InChI is InChI=1S/C13H16BrNO3S2/c1-15(11-6-7-20(17,18)9-11)13(16)8-19-12-4-2-10(14)3-5-12/h2-5,11H,6-9H2,1H3. The molecular weight excluding hydrogens is 362 g/mol. The molecule has 0 aromatic heterocycles. The molecule has 0 radical (unpaired) electrons. The summed E-state index contributed by atoms with van der Waals surface area (Å²) in [7, 11) is -1.26. The molecule has 20 heavy (non-hydrogen) atoms. The van der Waals surface area contributed by atoms with Gasteiger partial charge in [0, 0.05) is 22.5 Å². The van der Waals surface area contributed by atoms with Crippen LogP contribution in [0.5, 0.6) is 0 Å². The van der Waals surface area contributed by atoms with Gasteiger partial charge in [-0.25, -0.2) is 8.42 Å². The number of nitrogens with zero attached hydrogens (tertiary/aromatic N) is 1. The van der Waals surface area contributed by atoms with Gasteiger partial charge in [-0.2, -0.15) is 0 Å². The molecule has 1 atom stereocenters. The highest BCUT2D eigenvalue weighted by atomic mass is 79.9. The van der Waals surface area contributed by atoms with Gasteiger partial charge in [-0.3, -0.25) is 4.79 Å². The summed E-state index contributed by atoms with van der Waals surface area (Å²) >= 11 is 4.83. The van der Waals surface area contributed by atoms with Gasteiger partial charge >= 0.3 is 0 Å².